The molecule has 5 heteroatoms. The molecule has 0 aromatic rings. The average molecular weight is 282 g/mol. The van der Waals surface area contributed by atoms with Crippen LogP contribution in [0.2, 0.25) is 0 Å². The maximum atomic E-state index is 12.4. The third-order valence-electron chi connectivity index (χ3n) is 4.22. The SMILES string of the molecule is CC(C)C(N[C@H]1CCOC1=O)C(=O)NC1CCCCC1. The van der Waals surface area contributed by atoms with Crippen molar-refractivity contribution in [1.82, 2.24) is 10.6 Å². The number of carbonyl (C=O) groups is 2. The Bertz CT molecular complexity index is 351. The highest BCUT2D eigenvalue weighted by atomic mass is 16.5. The molecule has 2 N–H and O–H groups in total. The highest BCUT2D eigenvalue weighted by Gasteiger charge is 2.33. The molecule has 2 rings (SSSR count). The molecule has 2 atom stereocenters. The molecule has 0 bridgehead atoms. The van der Waals surface area contributed by atoms with Crippen LogP contribution in [0.25, 0.3) is 0 Å². The van der Waals surface area contributed by atoms with Gasteiger partial charge in [0.05, 0.1) is 12.6 Å². The first-order valence-corrected chi connectivity index (χ1v) is 7.81. The summed E-state index contributed by atoms with van der Waals surface area (Å²) in [5, 5.41) is 6.30. The Labute approximate surface area is 120 Å². The number of cyclic esters (lactones) is 1. The number of carbonyl (C=O) groups excluding carboxylic acids is 2. The number of ether oxygens (including phenoxy) is 1. The number of hydrogen-bond acceptors (Lipinski definition) is 4. The Kier molecular flexibility index (Phi) is 5.40. The summed E-state index contributed by atoms with van der Waals surface area (Å²) in [5.74, 6) is -0.0697. The smallest absolute Gasteiger partial charge is 0.323 e. The van der Waals surface area contributed by atoms with Crippen LogP contribution in [0.1, 0.15) is 52.4 Å². The molecule has 1 aliphatic carbocycles. The molecule has 0 aromatic heterocycles. The summed E-state index contributed by atoms with van der Waals surface area (Å²) in [4.78, 5) is 24.0. The maximum absolute atomic E-state index is 12.4. The molecule has 0 spiro atoms. The molecule has 1 heterocycles. The zero-order chi connectivity index (χ0) is 14.5. The summed E-state index contributed by atoms with van der Waals surface area (Å²) in [5.41, 5.74) is 0. The molecule has 2 aliphatic rings. The van der Waals surface area contributed by atoms with Gasteiger partial charge in [-0.15, -0.1) is 0 Å². The Balaban J connectivity index is 1.89. The van der Waals surface area contributed by atoms with Gasteiger partial charge in [-0.2, -0.15) is 0 Å². The van der Waals surface area contributed by atoms with E-state index < -0.39 is 0 Å². The van der Waals surface area contributed by atoms with Crippen LogP contribution in [-0.4, -0.2) is 36.6 Å². The summed E-state index contributed by atoms with van der Waals surface area (Å²) >= 11 is 0. The van der Waals surface area contributed by atoms with Gasteiger partial charge in [-0.1, -0.05) is 33.1 Å². The normalized spacial score (nSPS) is 25.6. The van der Waals surface area contributed by atoms with E-state index in [9.17, 15) is 9.59 Å². The first kappa shape index (κ1) is 15.3. The third kappa shape index (κ3) is 3.95. The van der Waals surface area contributed by atoms with Crippen molar-refractivity contribution in [3.8, 4) is 0 Å². The van der Waals surface area contributed by atoms with Crippen LogP contribution in [0.5, 0.6) is 0 Å². The molecule has 1 saturated carbocycles. The fourth-order valence-corrected chi connectivity index (χ4v) is 2.97. The predicted molar refractivity (Wildman–Crippen MR) is 76.1 cm³/mol. The van der Waals surface area contributed by atoms with Gasteiger partial charge in [0, 0.05) is 12.5 Å². The van der Waals surface area contributed by atoms with Crippen molar-refractivity contribution in [1.29, 1.82) is 0 Å². The average Bonchev–Trinajstić information content (AvgIpc) is 2.82. The monoisotopic (exact) mass is 282 g/mol. The molecule has 5 nitrogen and oxygen atoms in total. The largest absolute Gasteiger partial charge is 0.464 e. The van der Waals surface area contributed by atoms with Crippen LogP contribution >= 0.6 is 0 Å². The molecule has 1 saturated heterocycles. The number of rotatable bonds is 5. The first-order chi connectivity index (χ1) is 9.58. The van der Waals surface area contributed by atoms with Gasteiger partial charge < -0.3 is 10.1 Å². The van der Waals surface area contributed by atoms with E-state index in [4.69, 9.17) is 4.74 Å². The summed E-state index contributed by atoms with van der Waals surface area (Å²) < 4.78 is 4.94. The van der Waals surface area contributed by atoms with Crippen molar-refractivity contribution >= 4 is 11.9 Å². The summed E-state index contributed by atoms with van der Waals surface area (Å²) in [6.45, 7) is 4.45. The number of amides is 1. The van der Waals surface area contributed by atoms with Gasteiger partial charge in [-0.25, -0.2) is 0 Å². The Hall–Kier alpha value is -1.10. The van der Waals surface area contributed by atoms with Gasteiger partial charge in [0.2, 0.25) is 5.91 Å². The summed E-state index contributed by atoms with van der Waals surface area (Å²) in [6.07, 6.45) is 6.45. The lowest BCUT2D eigenvalue weighted by molar-refractivity contribution is -0.140. The van der Waals surface area contributed by atoms with Crippen LogP contribution in [0.15, 0.2) is 0 Å². The quantitative estimate of drug-likeness (QED) is 0.747. The zero-order valence-electron chi connectivity index (χ0n) is 12.5. The topological polar surface area (TPSA) is 67.4 Å². The Morgan fingerprint density at radius 1 is 1.20 bits per heavy atom. The molecular formula is C15H26N2O3. The fourth-order valence-electron chi connectivity index (χ4n) is 2.97. The number of nitrogens with one attached hydrogen (secondary N) is 2. The first-order valence-electron chi connectivity index (χ1n) is 7.81. The fraction of sp³-hybridized carbons (Fsp3) is 0.867. The minimum atomic E-state index is -0.334. The van der Waals surface area contributed by atoms with Gasteiger partial charge in [0.15, 0.2) is 0 Å². The van der Waals surface area contributed by atoms with Crippen molar-refractivity contribution in [3.63, 3.8) is 0 Å². The molecular weight excluding hydrogens is 256 g/mol. The van der Waals surface area contributed by atoms with E-state index in [-0.39, 0.29) is 29.9 Å². The minimum Gasteiger partial charge on any atom is -0.464 e. The molecule has 114 valence electrons. The van der Waals surface area contributed by atoms with Gasteiger partial charge >= 0.3 is 5.97 Å². The van der Waals surface area contributed by atoms with Crippen molar-refractivity contribution in [2.24, 2.45) is 5.92 Å². The van der Waals surface area contributed by atoms with E-state index in [1.54, 1.807) is 0 Å². The van der Waals surface area contributed by atoms with Crippen LogP contribution in [0.3, 0.4) is 0 Å². The second-order valence-electron chi connectivity index (χ2n) is 6.24. The van der Waals surface area contributed by atoms with Crippen molar-refractivity contribution in [2.45, 2.75) is 70.5 Å². The van der Waals surface area contributed by atoms with Gasteiger partial charge in [0.25, 0.3) is 0 Å². The third-order valence-corrected chi connectivity index (χ3v) is 4.22. The van der Waals surface area contributed by atoms with E-state index >= 15 is 0 Å². The molecule has 1 unspecified atom stereocenters. The highest BCUT2D eigenvalue weighted by molar-refractivity contribution is 5.84. The summed E-state index contributed by atoms with van der Waals surface area (Å²) in [7, 11) is 0. The highest BCUT2D eigenvalue weighted by Crippen LogP contribution is 2.18. The second-order valence-corrected chi connectivity index (χ2v) is 6.24. The van der Waals surface area contributed by atoms with E-state index in [1.807, 2.05) is 13.8 Å². The van der Waals surface area contributed by atoms with E-state index in [1.165, 1.54) is 19.3 Å². The van der Waals surface area contributed by atoms with E-state index in [0.717, 1.165) is 12.8 Å². The van der Waals surface area contributed by atoms with Crippen LogP contribution < -0.4 is 10.6 Å². The second kappa shape index (κ2) is 7.07. The number of hydrogen-bond donors (Lipinski definition) is 2. The van der Waals surface area contributed by atoms with Crippen molar-refractivity contribution in [2.75, 3.05) is 6.61 Å². The maximum Gasteiger partial charge on any atom is 0.323 e. The van der Waals surface area contributed by atoms with Crippen LogP contribution in [0.4, 0.5) is 0 Å². The lowest BCUT2D eigenvalue weighted by Gasteiger charge is -2.28. The Morgan fingerprint density at radius 3 is 2.45 bits per heavy atom. The van der Waals surface area contributed by atoms with Crippen molar-refractivity contribution in [3.05, 3.63) is 0 Å². The lowest BCUT2D eigenvalue weighted by Crippen LogP contribution is -2.54. The van der Waals surface area contributed by atoms with Gasteiger partial charge in [0.1, 0.15) is 6.04 Å². The molecule has 0 aromatic carbocycles. The molecule has 20 heavy (non-hydrogen) atoms. The van der Waals surface area contributed by atoms with E-state index in [2.05, 4.69) is 10.6 Å². The molecule has 1 amide bonds. The zero-order valence-corrected chi connectivity index (χ0v) is 12.5. The van der Waals surface area contributed by atoms with Gasteiger partial charge in [-0.05, 0) is 18.8 Å². The number of esters is 1. The van der Waals surface area contributed by atoms with Crippen LogP contribution in [-0.2, 0) is 14.3 Å². The van der Waals surface area contributed by atoms with Crippen molar-refractivity contribution < 1.29 is 14.3 Å². The van der Waals surface area contributed by atoms with Gasteiger partial charge in [-0.3, -0.25) is 14.9 Å². The lowest BCUT2D eigenvalue weighted by atomic mass is 9.94. The Morgan fingerprint density at radius 2 is 1.90 bits per heavy atom. The van der Waals surface area contributed by atoms with E-state index in [0.29, 0.717) is 19.1 Å². The summed E-state index contributed by atoms with van der Waals surface area (Å²) in [6, 6.07) is -0.359. The minimum absolute atomic E-state index is 0.0200. The van der Waals surface area contributed by atoms with Crippen LogP contribution in [0, 0.1) is 5.92 Å². The molecule has 2 fully saturated rings. The molecule has 1 aliphatic heterocycles. The standard InChI is InChI=1S/C15H26N2O3/c1-10(2)13(17-12-8-9-20-15(12)19)14(18)16-11-6-4-3-5-7-11/h10-13,17H,3-9H2,1-2H3,(H,16,18)/t12-,13?/m0/s1. The predicted octanol–water partition coefficient (Wildman–Crippen LogP) is 1.36. The molecule has 0 radical (unpaired) electrons.